The molecule has 2 aromatic carbocycles. The van der Waals surface area contributed by atoms with E-state index >= 15 is 0 Å². The Morgan fingerprint density at radius 3 is 2.51 bits per heavy atom. The first-order valence-electron chi connectivity index (χ1n) is 14.3. The van der Waals surface area contributed by atoms with Crippen molar-refractivity contribution >= 4 is 45.5 Å². The Balaban J connectivity index is 1.24. The molecule has 6 nitrogen and oxygen atoms in total. The number of aliphatic imine (C=N–C) groups is 1. The molecule has 0 atom stereocenters. The summed E-state index contributed by atoms with van der Waals surface area (Å²) >= 11 is 1.51. The van der Waals surface area contributed by atoms with Crippen molar-refractivity contribution in [2.75, 3.05) is 50.7 Å². The van der Waals surface area contributed by atoms with Gasteiger partial charge in [-0.05, 0) is 110 Å². The number of likely N-dealkylation sites (tertiary alicyclic amines) is 1. The van der Waals surface area contributed by atoms with E-state index in [2.05, 4.69) is 74.9 Å². The maximum Gasteiger partial charge on any atom is 0.286 e. The second-order valence-electron chi connectivity index (χ2n) is 10.8. The molecule has 0 aliphatic carbocycles. The number of anilines is 1. The zero-order valence-corrected chi connectivity index (χ0v) is 23.8. The molecule has 39 heavy (non-hydrogen) atoms. The zero-order valence-electron chi connectivity index (χ0n) is 23.0. The van der Waals surface area contributed by atoms with Gasteiger partial charge in [0.1, 0.15) is 0 Å². The highest BCUT2D eigenvalue weighted by Gasteiger charge is 2.27. The third-order valence-corrected chi connectivity index (χ3v) is 9.10. The SMILES string of the molecule is CCCN1CCN(c2ccc(-c3ccnc4ccc(C=C5SC(N6CCCCC6)=NC5=O)cc34)cc2C)CC1. The van der Waals surface area contributed by atoms with Crippen molar-refractivity contribution < 1.29 is 4.79 Å². The number of thioether (sulfide) groups is 1. The molecular weight excluding hydrogens is 502 g/mol. The quantitative estimate of drug-likeness (QED) is 0.360. The fraction of sp³-hybridized carbons (Fsp3) is 0.406. The second kappa shape index (κ2) is 11.5. The number of hydrogen-bond donors (Lipinski definition) is 0. The molecular formula is C32H37N5OS. The van der Waals surface area contributed by atoms with Crippen LogP contribution in [0.5, 0.6) is 0 Å². The van der Waals surface area contributed by atoms with E-state index in [0.717, 1.165) is 60.9 Å². The summed E-state index contributed by atoms with van der Waals surface area (Å²) in [6.45, 7) is 12.1. The first kappa shape index (κ1) is 26.1. The number of rotatable bonds is 5. The molecule has 0 spiro atoms. The number of amides is 1. The summed E-state index contributed by atoms with van der Waals surface area (Å²) in [7, 11) is 0. The van der Waals surface area contributed by atoms with Crippen LogP contribution >= 0.6 is 11.8 Å². The van der Waals surface area contributed by atoms with Crippen LogP contribution in [0.25, 0.3) is 28.1 Å². The highest BCUT2D eigenvalue weighted by molar-refractivity contribution is 8.18. The second-order valence-corrected chi connectivity index (χ2v) is 11.8. The summed E-state index contributed by atoms with van der Waals surface area (Å²) in [5.74, 6) is -0.131. The summed E-state index contributed by atoms with van der Waals surface area (Å²) in [5.41, 5.74) is 6.95. The van der Waals surface area contributed by atoms with Gasteiger partial charge in [0.15, 0.2) is 5.17 Å². The summed E-state index contributed by atoms with van der Waals surface area (Å²) in [6, 6.07) is 15.2. The lowest BCUT2D eigenvalue weighted by atomic mass is 9.97. The molecule has 0 N–H and O–H groups in total. The number of fused-ring (bicyclic) bond motifs is 1. The number of piperazine rings is 1. The molecule has 0 bridgehead atoms. The normalized spacial score (nSPS) is 19.8. The topological polar surface area (TPSA) is 52.0 Å². The number of carbonyl (C=O) groups excluding carboxylic acids is 1. The fourth-order valence-electron chi connectivity index (χ4n) is 5.98. The third kappa shape index (κ3) is 5.61. The summed E-state index contributed by atoms with van der Waals surface area (Å²) in [6.07, 6.45) is 8.69. The molecule has 1 amide bonds. The summed E-state index contributed by atoms with van der Waals surface area (Å²) in [5, 5.41) is 1.95. The van der Waals surface area contributed by atoms with Gasteiger partial charge in [0.25, 0.3) is 5.91 Å². The lowest BCUT2D eigenvalue weighted by molar-refractivity contribution is -0.113. The van der Waals surface area contributed by atoms with Gasteiger partial charge in [-0.15, -0.1) is 0 Å². The van der Waals surface area contributed by atoms with E-state index in [0.29, 0.717) is 4.91 Å². The van der Waals surface area contributed by atoms with E-state index in [-0.39, 0.29) is 5.91 Å². The van der Waals surface area contributed by atoms with Gasteiger partial charge in [-0.1, -0.05) is 19.1 Å². The number of aromatic nitrogens is 1. The van der Waals surface area contributed by atoms with Gasteiger partial charge in [0.2, 0.25) is 0 Å². The van der Waals surface area contributed by atoms with Crippen LogP contribution in [0.1, 0.15) is 43.7 Å². The summed E-state index contributed by atoms with van der Waals surface area (Å²) in [4.78, 5) is 29.7. The van der Waals surface area contributed by atoms with E-state index in [9.17, 15) is 4.79 Å². The third-order valence-electron chi connectivity index (χ3n) is 8.06. The van der Waals surface area contributed by atoms with E-state index in [4.69, 9.17) is 0 Å². The Hall–Kier alpha value is -3.16. The number of piperidine rings is 1. The van der Waals surface area contributed by atoms with Crippen LogP contribution in [0, 0.1) is 6.92 Å². The largest absolute Gasteiger partial charge is 0.369 e. The first-order chi connectivity index (χ1) is 19.1. The molecule has 202 valence electrons. The van der Waals surface area contributed by atoms with E-state index in [1.807, 2.05) is 18.3 Å². The molecule has 1 aromatic heterocycles. The van der Waals surface area contributed by atoms with Crippen LogP contribution in [0.15, 0.2) is 58.6 Å². The van der Waals surface area contributed by atoms with Crippen LogP contribution in [-0.4, -0.2) is 71.7 Å². The average molecular weight is 540 g/mol. The molecule has 2 saturated heterocycles. The summed E-state index contributed by atoms with van der Waals surface area (Å²) < 4.78 is 0. The highest BCUT2D eigenvalue weighted by Crippen LogP contribution is 2.35. The van der Waals surface area contributed by atoms with Crippen molar-refractivity contribution in [2.45, 2.75) is 39.5 Å². The molecule has 3 aromatic rings. The number of benzene rings is 2. The van der Waals surface area contributed by atoms with Gasteiger partial charge in [0, 0.05) is 56.5 Å². The van der Waals surface area contributed by atoms with Crippen molar-refractivity contribution in [1.29, 1.82) is 0 Å². The van der Waals surface area contributed by atoms with E-state index in [1.165, 1.54) is 66.4 Å². The predicted octanol–water partition coefficient (Wildman–Crippen LogP) is 6.20. The Labute approximate surface area is 235 Å². The average Bonchev–Trinajstić information content (AvgIpc) is 3.33. The van der Waals surface area contributed by atoms with Crippen molar-refractivity contribution in [3.63, 3.8) is 0 Å². The molecule has 0 radical (unpaired) electrons. The molecule has 0 unspecified atom stereocenters. The molecule has 2 fully saturated rings. The number of pyridine rings is 1. The number of carbonyl (C=O) groups is 1. The van der Waals surface area contributed by atoms with Crippen LogP contribution in [0.2, 0.25) is 0 Å². The molecule has 3 aliphatic rings. The zero-order chi connectivity index (χ0) is 26.8. The van der Waals surface area contributed by atoms with Crippen LogP contribution in [0.4, 0.5) is 5.69 Å². The van der Waals surface area contributed by atoms with Crippen LogP contribution in [0.3, 0.4) is 0 Å². The van der Waals surface area contributed by atoms with Gasteiger partial charge in [-0.2, -0.15) is 4.99 Å². The Morgan fingerprint density at radius 2 is 1.74 bits per heavy atom. The van der Waals surface area contributed by atoms with E-state index < -0.39 is 0 Å². The first-order valence-corrected chi connectivity index (χ1v) is 15.2. The highest BCUT2D eigenvalue weighted by atomic mass is 32.2. The minimum atomic E-state index is -0.131. The molecule has 6 rings (SSSR count). The van der Waals surface area contributed by atoms with Gasteiger partial charge < -0.3 is 9.80 Å². The maximum atomic E-state index is 12.7. The smallest absolute Gasteiger partial charge is 0.286 e. The number of nitrogens with zero attached hydrogens (tertiary/aromatic N) is 5. The standard InChI is InChI=1S/C32H37N5OS/c1-3-13-35-16-18-36(19-17-35)29-10-8-25(20-23(29)2)26-11-12-33-28-9-7-24(21-27(26)28)22-30-31(38)34-32(39-30)37-14-5-4-6-15-37/h7-12,20-22H,3-6,13-19H2,1-2H3. The minimum Gasteiger partial charge on any atom is -0.369 e. The van der Waals surface area contributed by atoms with Crippen molar-refractivity contribution in [2.24, 2.45) is 4.99 Å². The number of hydrogen-bond acceptors (Lipinski definition) is 6. The molecule has 0 saturated carbocycles. The van der Waals surface area contributed by atoms with Gasteiger partial charge in [-0.3, -0.25) is 14.7 Å². The molecule has 4 heterocycles. The fourth-order valence-corrected chi connectivity index (χ4v) is 6.95. The Bertz CT molecular complexity index is 1430. The lowest BCUT2D eigenvalue weighted by Crippen LogP contribution is -2.46. The predicted molar refractivity (Wildman–Crippen MR) is 164 cm³/mol. The van der Waals surface area contributed by atoms with Crippen LogP contribution < -0.4 is 4.90 Å². The van der Waals surface area contributed by atoms with Crippen molar-refractivity contribution in [1.82, 2.24) is 14.8 Å². The van der Waals surface area contributed by atoms with Crippen molar-refractivity contribution in [3.05, 3.63) is 64.7 Å². The maximum absolute atomic E-state index is 12.7. The van der Waals surface area contributed by atoms with Gasteiger partial charge in [-0.25, -0.2) is 0 Å². The van der Waals surface area contributed by atoms with Gasteiger partial charge >= 0.3 is 0 Å². The van der Waals surface area contributed by atoms with Crippen molar-refractivity contribution in [3.8, 4) is 11.1 Å². The van der Waals surface area contributed by atoms with Gasteiger partial charge in [0.05, 0.1) is 10.4 Å². The monoisotopic (exact) mass is 539 g/mol. The van der Waals surface area contributed by atoms with E-state index in [1.54, 1.807) is 0 Å². The number of aryl methyl sites for hydroxylation is 1. The molecule has 7 heteroatoms. The molecule has 3 aliphatic heterocycles. The Morgan fingerprint density at radius 1 is 0.923 bits per heavy atom. The number of amidine groups is 1. The van der Waals surface area contributed by atoms with Crippen LogP contribution in [-0.2, 0) is 4.79 Å². The Kier molecular flexibility index (Phi) is 7.71. The lowest BCUT2D eigenvalue weighted by Gasteiger charge is -2.36. The minimum absolute atomic E-state index is 0.131.